The molecule has 1 aromatic rings. The Hall–Kier alpha value is -1.69. The largest absolute Gasteiger partial charge is 0.360 e. The van der Waals surface area contributed by atoms with E-state index in [-0.39, 0.29) is 11.7 Å². The van der Waals surface area contributed by atoms with Gasteiger partial charge in [0, 0.05) is 23.4 Å². The predicted octanol–water partition coefficient (Wildman–Crippen LogP) is 2.60. The van der Waals surface area contributed by atoms with E-state index >= 15 is 0 Å². The zero-order valence-electron chi connectivity index (χ0n) is 9.98. The molecule has 0 aliphatic rings. The quantitative estimate of drug-likeness (QED) is 0.492. The van der Waals surface area contributed by atoms with E-state index < -0.39 is 4.92 Å². The van der Waals surface area contributed by atoms with Crippen molar-refractivity contribution >= 4 is 28.7 Å². The van der Waals surface area contributed by atoms with Crippen LogP contribution in [0.15, 0.2) is 18.2 Å². The Morgan fingerprint density at radius 2 is 2.12 bits per heavy atom. The van der Waals surface area contributed by atoms with Crippen molar-refractivity contribution < 1.29 is 4.92 Å². The Morgan fingerprint density at radius 1 is 1.47 bits per heavy atom. The van der Waals surface area contributed by atoms with E-state index in [4.69, 9.17) is 12.2 Å². The first-order valence-electron chi connectivity index (χ1n) is 5.22. The molecule has 0 saturated heterocycles. The third kappa shape index (κ3) is 3.99. The van der Waals surface area contributed by atoms with E-state index in [1.807, 2.05) is 13.8 Å². The maximum Gasteiger partial charge on any atom is 0.272 e. The molecular weight excluding hydrogens is 238 g/mol. The van der Waals surface area contributed by atoms with E-state index in [1.165, 1.54) is 6.07 Å². The van der Waals surface area contributed by atoms with E-state index in [9.17, 15) is 10.1 Å². The second-order valence-corrected chi connectivity index (χ2v) is 4.42. The zero-order chi connectivity index (χ0) is 13.0. The number of benzene rings is 1. The van der Waals surface area contributed by atoms with Crippen molar-refractivity contribution in [2.24, 2.45) is 0 Å². The minimum atomic E-state index is -0.399. The van der Waals surface area contributed by atoms with Gasteiger partial charge in [-0.3, -0.25) is 10.1 Å². The van der Waals surface area contributed by atoms with Crippen LogP contribution in [-0.2, 0) is 0 Å². The third-order valence-corrected chi connectivity index (χ3v) is 2.29. The summed E-state index contributed by atoms with van der Waals surface area (Å²) in [5.74, 6) is 0. The monoisotopic (exact) mass is 253 g/mol. The van der Waals surface area contributed by atoms with Gasteiger partial charge in [-0.05, 0) is 45.1 Å². The number of rotatable bonds is 3. The second-order valence-electron chi connectivity index (χ2n) is 4.01. The molecule has 0 spiro atoms. The van der Waals surface area contributed by atoms with Crippen LogP contribution >= 0.6 is 12.2 Å². The average molecular weight is 253 g/mol. The SMILES string of the molecule is Cc1cc(NC(=S)NC(C)C)ccc1[N+](=O)[O-]. The fourth-order valence-electron chi connectivity index (χ4n) is 1.37. The highest BCUT2D eigenvalue weighted by molar-refractivity contribution is 7.80. The highest BCUT2D eigenvalue weighted by atomic mass is 32.1. The molecule has 2 N–H and O–H groups in total. The molecule has 0 saturated carbocycles. The minimum Gasteiger partial charge on any atom is -0.360 e. The summed E-state index contributed by atoms with van der Waals surface area (Å²) in [6.45, 7) is 5.66. The van der Waals surface area contributed by atoms with Crippen LogP contribution < -0.4 is 10.6 Å². The number of hydrogen-bond donors (Lipinski definition) is 2. The average Bonchev–Trinajstić information content (AvgIpc) is 2.15. The number of thiocarbonyl (C=S) groups is 1. The fourth-order valence-corrected chi connectivity index (χ4v) is 1.72. The molecule has 92 valence electrons. The molecule has 17 heavy (non-hydrogen) atoms. The molecule has 1 aromatic carbocycles. The Bertz CT molecular complexity index is 446. The zero-order valence-corrected chi connectivity index (χ0v) is 10.8. The van der Waals surface area contributed by atoms with Gasteiger partial charge >= 0.3 is 0 Å². The van der Waals surface area contributed by atoms with Gasteiger partial charge in [-0.1, -0.05) is 0 Å². The first-order chi connectivity index (χ1) is 7.90. The number of aryl methyl sites for hydroxylation is 1. The van der Waals surface area contributed by atoms with Crippen molar-refractivity contribution in [2.75, 3.05) is 5.32 Å². The van der Waals surface area contributed by atoms with Crippen molar-refractivity contribution in [1.29, 1.82) is 0 Å². The summed E-state index contributed by atoms with van der Waals surface area (Å²) >= 11 is 5.08. The topological polar surface area (TPSA) is 67.2 Å². The highest BCUT2D eigenvalue weighted by Gasteiger charge is 2.10. The van der Waals surface area contributed by atoms with Crippen LogP contribution in [0, 0.1) is 17.0 Å². The molecule has 0 heterocycles. The molecule has 6 heteroatoms. The van der Waals surface area contributed by atoms with Crippen LogP contribution in [0.2, 0.25) is 0 Å². The van der Waals surface area contributed by atoms with Crippen molar-refractivity contribution in [3.05, 3.63) is 33.9 Å². The van der Waals surface area contributed by atoms with Crippen LogP contribution in [0.5, 0.6) is 0 Å². The van der Waals surface area contributed by atoms with Crippen molar-refractivity contribution in [3.63, 3.8) is 0 Å². The lowest BCUT2D eigenvalue weighted by atomic mass is 10.2. The number of nitrogens with one attached hydrogen (secondary N) is 2. The summed E-state index contributed by atoms with van der Waals surface area (Å²) in [4.78, 5) is 10.2. The van der Waals surface area contributed by atoms with Gasteiger partial charge in [0.1, 0.15) is 0 Å². The number of nitro groups is 1. The lowest BCUT2D eigenvalue weighted by Crippen LogP contribution is -2.33. The van der Waals surface area contributed by atoms with Crippen molar-refractivity contribution in [2.45, 2.75) is 26.8 Å². The molecule has 0 amide bonds. The summed E-state index contributed by atoms with van der Waals surface area (Å²) in [5.41, 5.74) is 1.46. The van der Waals surface area contributed by atoms with Crippen LogP contribution in [0.3, 0.4) is 0 Å². The third-order valence-electron chi connectivity index (χ3n) is 2.07. The normalized spacial score (nSPS) is 10.1. The van der Waals surface area contributed by atoms with Crippen molar-refractivity contribution in [3.8, 4) is 0 Å². The summed E-state index contributed by atoms with van der Waals surface area (Å²) < 4.78 is 0. The van der Waals surface area contributed by atoms with Gasteiger partial charge in [-0.2, -0.15) is 0 Å². The van der Waals surface area contributed by atoms with E-state index in [0.29, 0.717) is 10.7 Å². The molecule has 0 aliphatic heterocycles. The Kier molecular flexibility index (Phi) is 4.39. The first kappa shape index (κ1) is 13.4. The summed E-state index contributed by atoms with van der Waals surface area (Å²) in [6.07, 6.45) is 0. The molecule has 1 rings (SSSR count). The number of anilines is 1. The Labute approximate surface area is 105 Å². The van der Waals surface area contributed by atoms with Gasteiger partial charge in [0.15, 0.2) is 5.11 Å². The summed E-state index contributed by atoms with van der Waals surface area (Å²) in [6, 6.07) is 5.05. The van der Waals surface area contributed by atoms with Gasteiger partial charge in [0.05, 0.1) is 4.92 Å². The molecule has 0 fully saturated rings. The van der Waals surface area contributed by atoms with E-state index in [1.54, 1.807) is 19.1 Å². The summed E-state index contributed by atoms with van der Waals surface area (Å²) in [7, 11) is 0. The van der Waals surface area contributed by atoms with Crippen molar-refractivity contribution in [1.82, 2.24) is 5.32 Å². The van der Waals surface area contributed by atoms with Gasteiger partial charge in [-0.25, -0.2) is 0 Å². The molecule has 0 atom stereocenters. The van der Waals surface area contributed by atoms with E-state index in [2.05, 4.69) is 10.6 Å². The molecular formula is C11H15N3O2S. The molecule has 0 radical (unpaired) electrons. The smallest absolute Gasteiger partial charge is 0.272 e. The standard InChI is InChI=1S/C11H15N3O2S/c1-7(2)12-11(17)13-9-4-5-10(14(15)16)8(3)6-9/h4-7H,1-3H3,(H2,12,13,17). The van der Waals surface area contributed by atoms with Gasteiger partial charge < -0.3 is 10.6 Å². The van der Waals surface area contributed by atoms with Gasteiger partial charge in [-0.15, -0.1) is 0 Å². The minimum absolute atomic E-state index is 0.110. The van der Waals surface area contributed by atoms with Gasteiger partial charge in [0.2, 0.25) is 0 Å². The number of nitrogens with zero attached hydrogens (tertiary/aromatic N) is 1. The van der Waals surface area contributed by atoms with Crippen LogP contribution in [0.25, 0.3) is 0 Å². The molecule has 0 bridgehead atoms. The first-order valence-corrected chi connectivity index (χ1v) is 5.63. The lowest BCUT2D eigenvalue weighted by Gasteiger charge is -2.13. The number of hydrogen-bond acceptors (Lipinski definition) is 3. The molecule has 0 aromatic heterocycles. The van der Waals surface area contributed by atoms with Crippen LogP contribution in [0.4, 0.5) is 11.4 Å². The lowest BCUT2D eigenvalue weighted by molar-refractivity contribution is -0.385. The maximum absolute atomic E-state index is 10.6. The molecule has 0 aliphatic carbocycles. The fraction of sp³-hybridized carbons (Fsp3) is 0.364. The van der Waals surface area contributed by atoms with E-state index in [0.717, 1.165) is 5.69 Å². The summed E-state index contributed by atoms with van der Waals surface area (Å²) in [5, 5.41) is 17.2. The Balaban J connectivity index is 2.77. The van der Waals surface area contributed by atoms with Gasteiger partial charge in [0.25, 0.3) is 5.69 Å². The molecule has 0 unspecified atom stereocenters. The molecule has 5 nitrogen and oxygen atoms in total. The number of nitro benzene ring substituents is 1. The maximum atomic E-state index is 10.6. The second kappa shape index (κ2) is 5.58. The Morgan fingerprint density at radius 3 is 2.59 bits per heavy atom. The van der Waals surface area contributed by atoms with Crippen LogP contribution in [0.1, 0.15) is 19.4 Å². The highest BCUT2D eigenvalue weighted by Crippen LogP contribution is 2.21. The predicted molar refractivity (Wildman–Crippen MR) is 72.3 cm³/mol. The van der Waals surface area contributed by atoms with Crippen LogP contribution in [-0.4, -0.2) is 16.1 Å².